The maximum absolute atomic E-state index is 12.2. The summed E-state index contributed by atoms with van der Waals surface area (Å²) in [4.78, 5) is 27.6. The number of piperazine rings is 1. The topological polar surface area (TPSA) is 61.8 Å². The molecule has 0 aromatic carbocycles. The van der Waals surface area contributed by atoms with E-state index in [-0.39, 0.29) is 12.0 Å². The first-order chi connectivity index (χ1) is 11.8. The van der Waals surface area contributed by atoms with Crippen LogP contribution in [0.5, 0.6) is 0 Å². The van der Waals surface area contributed by atoms with E-state index in [1.165, 1.54) is 0 Å². The van der Waals surface area contributed by atoms with E-state index in [1.807, 2.05) is 11.0 Å². The number of anilines is 1. The van der Waals surface area contributed by atoms with Gasteiger partial charge in [0.2, 0.25) is 11.9 Å². The molecule has 3 fully saturated rings. The number of aromatic nitrogens is 2. The van der Waals surface area contributed by atoms with Crippen LogP contribution < -0.4 is 4.90 Å². The first-order valence-corrected chi connectivity index (χ1v) is 8.95. The molecule has 0 spiro atoms. The van der Waals surface area contributed by atoms with Gasteiger partial charge in [0.25, 0.3) is 0 Å². The van der Waals surface area contributed by atoms with Gasteiger partial charge in [0, 0.05) is 64.3 Å². The third-order valence-electron chi connectivity index (χ3n) is 5.31. The molecule has 1 atom stereocenters. The molecule has 0 N–H and O–H groups in total. The summed E-state index contributed by atoms with van der Waals surface area (Å²) in [6.45, 7) is 6.47. The van der Waals surface area contributed by atoms with Gasteiger partial charge >= 0.3 is 0 Å². The van der Waals surface area contributed by atoms with Gasteiger partial charge in [-0.2, -0.15) is 0 Å². The Bertz CT molecular complexity index is 549. The molecule has 7 nitrogen and oxygen atoms in total. The fraction of sp³-hybridized carbons (Fsp3) is 0.706. The van der Waals surface area contributed by atoms with Crippen molar-refractivity contribution in [3.63, 3.8) is 0 Å². The Hall–Kier alpha value is -1.73. The van der Waals surface area contributed by atoms with Crippen molar-refractivity contribution in [1.29, 1.82) is 0 Å². The van der Waals surface area contributed by atoms with Gasteiger partial charge in [0.05, 0.1) is 12.5 Å². The zero-order valence-electron chi connectivity index (χ0n) is 14.0. The molecule has 0 radical (unpaired) electrons. The van der Waals surface area contributed by atoms with Gasteiger partial charge in [-0.05, 0) is 18.9 Å². The number of hydrogen-bond donors (Lipinski definition) is 0. The second kappa shape index (κ2) is 7.03. The highest BCUT2D eigenvalue weighted by Gasteiger charge is 2.37. The predicted molar refractivity (Wildman–Crippen MR) is 89.8 cm³/mol. The maximum Gasteiger partial charge on any atom is 0.225 e. The lowest BCUT2D eigenvalue weighted by atomic mass is 10.0. The highest BCUT2D eigenvalue weighted by atomic mass is 16.5. The number of carbonyl (C=O) groups excluding carboxylic acids is 1. The summed E-state index contributed by atoms with van der Waals surface area (Å²) in [5.41, 5.74) is 0. The van der Waals surface area contributed by atoms with Crippen LogP contribution in [-0.4, -0.2) is 83.7 Å². The van der Waals surface area contributed by atoms with Crippen LogP contribution in [0.25, 0.3) is 0 Å². The molecule has 1 amide bonds. The summed E-state index contributed by atoms with van der Waals surface area (Å²) in [5.74, 6) is 1.08. The molecule has 24 heavy (non-hydrogen) atoms. The molecule has 1 aromatic heterocycles. The zero-order valence-corrected chi connectivity index (χ0v) is 14.0. The fourth-order valence-corrected chi connectivity index (χ4v) is 3.76. The smallest absolute Gasteiger partial charge is 0.225 e. The van der Waals surface area contributed by atoms with Gasteiger partial charge in [-0.3, -0.25) is 9.69 Å². The van der Waals surface area contributed by atoms with Crippen molar-refractivity contribution < 1.29 is 9.53 Å². The summed E-state index contributed by atoms with van der Waals surface area (Å²) < 4.78 is 5.56. The molecular formula is C17H25N5O2. The Balaban J connectivity index is 1.20. The first-order valence-electron chi connectivity index (χ1n) is 8.95. The van der Waals surface area contributed by atoms with Crippen molar-refractivity contribution >= 4 is 11.9 Å². The summed E-state index contributed by atoms with van der Waals surface area (Å²) >= 11 is 0. The van der Waals surface area contributed by atoms with E-state index in [4.69, 9.17) is 4.74 Å². The number of hydrogen-bond acceptors (Lipinski definition) is 6. The van der Waals surface area contributed by atoms with Crippen LogP contribution in [0, 0.1) is 0 Å². The molecule has 7 heteroatoms. The first kappa shape index (κ1) is 15.8. The molecule has 1 aromatic rings. The van der Waals surface area contributed by atoms with Crippen molar-refractivity contribution in [1.82, 2.24) is 19.8 Å². The van der Waals surface area contributed by atoms with Crippen LogP contribution in [0.3, 0.4) is 0 Å². The van der Waals surface area contributed by atoms with Crippen molar-refractivity contribution in [3.8, 4) is 0 Å². The molecule has 3 saturated heterocycles. The summed E-state index contributed by atoms with van der Waals surface area (Å²) in [7, 11) is 0. The van der Waals surface area contributed by atoms with Crippen LogP contribution in [0.15, 0.2) is 18.5 Å². The Morgan fingerprint density at radius 1 is 1.17 bits per heavy atom. The minimum atomic E-state index is 0.158. The van der Waals surface area contributed by atoms with E-state index >= 15 is 0 Å². The van der Waals surface area contributed by atoms with Crippen LogP contribution >= 0.6 is 0 Å². The fourth-order valence-electron chi connectivity index (χ4n) is 3.76. The second-order valence-corrected chi connectivity index (χ2v) is 6.86. The van der Waals surface area contributed by atoms with E-state index in [2.05, 4.69) is 19.8 Å². The maximum atomic E-state index is 12.2. The molecule has 1 unspecified atom stereocenters. The molecule has 3 aliphatic rings. The standard InChI is InChI=1S/C17H25N5O2/c23-16(11-15-3-1-10-24-15)22-12-14(13-22)20-6-8-21(9-7-20)17-18-4-2-5-19-17/h2,4-5,14-15H,1,3,6-13H2. The van der Waals surface area contributed by atoms with Crippen molar-refractivity contribution in [2.24, 2.45) is 0 Å². The number of rotatable bonds is 4. The van der Waals surface area contributed by atoms with Gasteiger partial charge in [0.15, 0.2) is 0 Å². The SMILES string of the molecule is O=C(CC1CCCO1)N1CC(N2CCN(c3ncccn3)CC2)C1. The van der Waals surface area contributed by atoms with E-state index in [0.29, 0.717) is 12.5 Å². The molecule has 0 bridgehead atoms. The molecule has 130 valence electrons. The number of carbonyl (C=O) groups is 1. The van der Waals surface area contributed by atoms with Crippen LogP contribution in [-0.2, 0) is 9.53 Å². The Labute approximate surface area is 142 Å². The predicted octanol–water partition coefficient (Wildman–Crippen LogP) is 0.379. The van der Waals surface area contributed by atoms with Gasteiger partial charge < -0.3 is 14.5 Å². The second-order valence-electron chi connectivity index (χ2n) is 6.86. The lowest BCUT2D eigenvalue weighted by molar-refractivity contribution is -0.141. The lowest BCUT2D eigenvalue weighted by Gasteiger charge is -2.48. The highest BCUT2D eigenvalue weighted by molar-refractivity contribution is 5.77. The van der Waals surface area contributed by atoms with E-state index < -0.39 is 0 Å². The molecule has 0 saturated carbocycles. The van der Waals surface area contributed by atoms with Gasteiger partial charge in [-0.15, -0.1) is 0 Å². The van der Waals surface area contributed by atoms with Gasteiger partial charge in [-0.25, -0.2) is 9.97 Å². The molecule has 4 rings (SSSR count). The molecule has 3 aliphatic heterocycles. The Morgan fingerprint density at radius 3 is 2.58 bits per heavy atom. The monoisotopic (exact) mass is 331 g/mol. The molecule has 0 aliphatic carbocycles. The third kappa shape index (κ3) is 3.37. The number of likely N-dealkylation sites (tertiary alicyclic amines) is 1. The van der Waals surface area contributed by atoms with E-state index in [9.17, 15) is 4.79 Å². The quantitative estimate of drug-likeness (QED) is 0.795. The average Bonchev–Trinajstić information content (AvgIpc) is 3.08. The van der Waals surface area contributed by atoms with E-state index in [1.54, 1.807) is 12.4 Å². The summed E-state index contributed by atoms with van der Waals surface area (Å²) in [6.07, 6.45) is 6.43. The lowest BCUT2D eigenvalue weighted by Crippen LogP contribution is -2.64. The van der Waals surface area contributed by atoms with Crippen LogP contribution in [0.2, 0.25) is 0 Å². The number of amides is 1. The summed E-state index contributed by atoms with van der Waals surface area (Å²) in [6, 6.07) is 2.35. The van der Waals surface area contributed by atoms with Crippen molar-refractivity contribution in [2.75, 3.05) is 50.8 Å². The van der Waals surface area contributed by atoms with Gasteiger partial charge in [0.1, 0.15) is 0 Å². The van der Waals surface area contributed by atoms with Gasteiger partial charge in [-0.1, -0.05) is 0 Å². The van der Waals surface area contributed by atoms with Crippen LogP contribution in [0.4, 0.5) is 5.95 Å². The largest absolute Gasteiger partial charge is 0.378 e. The Morgan fingerprint density at radius 2 is 1.92 bits per heavy atom. The van der Waals surface area contributed by atoms with Crippen molar-refractivity contribution in [3.05, 3.63) is 18.5 Å². The highest BCUT2D eigenvalue weighted by Crippen LogP contribution is 2.22. The minimum absolute atomic E-state index is 0.158. The van der Waals surface area contributed by atoms with E-state index in [0.717, 1.165) is 64.7 Å². The zero-order chi connectivity index (χ0) is 16.4. The third-order valence-corrected chi connectivity index (χ3v) is 5.31. The molecule has 4 heterocycles. The van der Waals surface area contributed by atoms with Crippen LogP contribution in [0.1, 0.15) is 19.3 Å². The van der Waals surface area contributed by atoms with Crippen molar-refractivity contribution in [2.45, 2.75) is 31.4 Å². The minimum Gasteiger partial charge on any atom is -0.378 e. The average molecular weight is 331 g/mol. The molecular weight excluding hydrogens is 306 g/mol. The number of nitrogens with zero attached hydrogens (tertiary/aromatic N) is 5. The Kier molecular flexibility index (Phi) is 4.62. The normalized spacial score (nSPS) is 25.8. The summed E-state index contributed by atoms with van der Waals surface area (Å²) in [5, 5.41) is 0. The number of ether oxygens (including phenoxy) is 1.